The van der Waals surface area contributed by atoms with E-state index in [2.05, 4.69) is 22.4 Å². The molecule has 7 heteroatoms. The van der Waals surface area contributed by atoms with Crippen molar-refractivity contribution in [1.29, 1.82) is 0 Å². The van der Waals surface area contributed by atoms with Gasteiger partial charge in [0.1, 0.15) is 12.9 Å². The smallest absolute Gasteiger partial charge is 0.244 e. The Labute approximate surface area is 100.0 Å². The van der Waals surface area contributed by atoms with E-state index in [4.69, 9.17) is 5.73 Å². The molecule has 1 aromatic heterocycles. The third-order valence-corrected chi connectivity index (χ3v) is 3.26. The minimum atomic E-state index is 0.0413. The molecule has 1 amide bonds. The van der Waals surface area contributed by atoms with Gasteiger partial charge >= 0.3 is 0 Å². The number of tetrazole rings is 1. The molecule has 1 aromatic rings. The molecule has 94 valence electrons. The molecule has 2 heterocycles. The van der Waals surface area contributed by atoms with E-state index in [1.807, 2.05) is 4.90 Å². The number of amides is 1. The number of carbonyl (C=O) groups excluding carboxylic acids is 1. The van der Waals surface area contributed by atoms with Gasteiger partial charge in [-0.05, 0) is 29.2 Å². The lowest BCUT2D eigenvalue weighted by Gasteiger charge is -2.37. The average molecular weight is 238 g/mol. The molecule has 0 aliphatic carbocycles. The first kappa shape index (κ1) is 12.0. The molecule has 2 rings (SSSR count). The van der Waals surface area contributed by atoms with E-state index in [1.54, 1.807) is 0 Å². The van der Waals surface area contributed by atoms with Crippen LogP contribution in [0.25, 0.3) is 0 Å². The van der Waals surface area contributed by atoms with Gasteiger partial charge < -0.3 is 10.6 Å². The molecule has 0 radical (unpaired) electrons. The SMILES string of the molecule is CC1CCN(C(=O)Cn2cnnn2)C(CN)C1. The predicted molar refractivity (Wildman–Crippen MR) is 60.8 cm³/mol. The van der Waals surface area contributed by atoms with Gasteiger partial charge in [-0.25, -0.2) is 4.68 Å². The molecule has 2 unspecified atom stereocenters. The highest BCUT2D eigenvalue weighted by Crippen LogP contribution is 2.22. The van der Waals surface area contributed by atoms with Gasteiger partial charge in [0.05, 0.1) is 0 Å². The van der Waals surface area contributed by atoms with Crippen LogP contribution < -0.4 is 5.73 Å². The number of aromatic nitrogens is 4. The van der Waals surface area contributed by atoms with Crippen molar-refractivity contribution < 1.29 is 4.79 Å². The van der Waals surface area contributed by atoms with Crippen LogP contribution in [-0.4, -0.2) is 50.1 Å². The van der Waals surface area contributed by atoms with E-state index in [0.29, 0.717) is 12.5 Å². The highest BCUT2D eigenvalue weighted by Gasteiger charge is 2.28. The minimum absolute atomic E-state index is 0.0413. The van der Waals surface area contributed by atoms with Crippen molar-refractivity contribution >= 4 is 5.91 Å². The lowest BCUT2D eigenvalue weighted by atomic mass is 9.92. The normalized spacial score (nSPS) is 24.9. The number of hydrogen-bond donors (Lipinski definition) is 1. The number of carbonyl (C=O) groups is 1. The zero-order valence-corrected chi connectivity index (χ0v) is 9.99. The van der Waals surface area contributed by atoms with Crippen LogP contribution in [0.5, 0.6) is 0 Å². The fourth-order valence-electron chi connectivity index (χ4n) is 2.29. The Hall–Kier alpha value is -1.50. The van der Waals surface area contributed by atoms with Crippen molar-refractivity contribution in [2.75, 3.05) is 13.1 Å². The molecule has 1 fully saturated rings. The molecule has 1 aliphatic rings. The third kappa shape index (κ3) is 2.79. The standard InChI is InChI=1S/C10H18N6O/c1-8-2-3-16(9(4-8)5-11)10(17)6-15-7-12-13-14-15/h7-9H,2-6,11H2,1H3. The maximum absolute atomic E-state index is 12.1. The first-order valence-electron chi connectivity index (χ1n) is 5.91. The number of likely N-dealkylation sites (tertiary alicyclic amines) is 1. The summed E-state index contributed by atoms with van der Waals surface area (Å²) in [6.07, 6.45) is 3.47. The largest absolute Gasteiger partial charge is 0.337 e. The fourth-order valence-corrected chi connectivity index (χ4v) is 2.29. The summed E-state index contributed by atoms with van der Waals surface area (Å²) < 4.78 is 1.44. The van der Waals surface area contributed by atoms with Gasteiger partial charge in [0.2, 0.25) is 5.91 Å². The summed E-state index contributed by atoms with van der Waals surface area (Å²) in [7, 11) is 0. The Kier molecular flexibility index (Phi) is 3.68. The number of rotatable bonds is 3. The first-order valence-corrected chi connectivity index (χ1v) is 5.91. The third-order valence-electron chi connectivity index (χ3n) is 3.26. The molecule has 1 aliphatic heterocycles. The summed E-state index contributed by atoms with van der Waals surface area (Å²) in [4.78, 5) is 14.0. The van der Waals surface area contributed by atoms with Gasteiger partial charge in [-0.15, -0.1) is 5.10 Å². The molecule has 1 saturated heterocycles. The number of piperidine rings is 1. The highest BCUT2D eigenvalue weighted by molar-refractivity contribution is 5.76. The summed E-state index contributed by atoms with van der Waals surface area (Å²) in [6, 6.07) is 0.155. The van der Waals surface area contributed by atoms with Gasteiger partial charge in [-0.1, -0.05) is 6.92 Å². The van der Waals surface area contributed by atoms with Gasteiger partial charge in [0.15, 0.2) is 0 Å². The van der Waals surface area contributed by atoms with Crippen LogP contribution in [-0.2, 0) is 11.3 Å². The van der Waals surface area contributed by atoms with Crippen molar-refractivity contribution in [2.24, 2.45) is 11.7 Å². The highest BCUT2D eigenvalue weighted by atomic mass is 16.2. The molecule has 7 nitrogen and oxygen atoms in total. The zero-order valence-electron chi connectivity index (χ0n) is 9.99. The summed E-state index contributed by atoms with van der Waals surface area (Å²) in [5.74, 6) is 0.681. The minimum Gasteiger partial charge on any atom is -0.337 e. The quantitative estimate of drug-likeness (QED) is 0.749. The Morgan fingerprint density at radius 1 is 1.59 bits per heavy atom. The van der Waals surface area contributed by atoms with Crippen LogP contribution in [0.2, 0.25) is 0 Å². The number of nitrogens with zero attached hydrogens (tertiary/aromatic N) is 5. The van der Waals surface area contributed by atoms with E-state index in [9.17, 15) is 4.79 Å². The maximum Gasteiger partial charge on any atom is 0.244 e. The Morgan fingerprint density at radius 3 is 3.06 bits per heavy atom. The molecule has 0 spiro atoms. The summed E-state index contributed by atoms with van der Waals surface area (Å²) >= 11 is 0. The molecule has 17 heavy (non-hydrogen) atoms. The maximum atomic E-state index is 12.1. The van der Waals surface area contributed by atoms with Gasteiger partial charge in [0, 0.05) is 19.1 Å². The molecule has 0 aromatic carbocycles. The summed E-state index contributed by atoms with van der Waals surface area (Å²) in [6.45, 7) is 3.69. The molecule has 0 bridgehead atoms. The van der Waals surface area contributed by atoms with E-state index < -0.39 is 0 Å². The summed E-state index contributed by atoms with van der Waals surface area (Å²) in [5.41, 5.74) is 5.73. The second-order valence-electron chi connectivity index (χ2n) is 4.61. The van der Waals surface area contributed by atoms with Crippen LogP contribution in [0, 0.1) is 5.92 Å². The van der Waals surface area contributed by atoms with Crippen LogP contribution >= 0.6 is 0 Å². The lowest BCUT2D eigenvalue weighted by Crippen LogP contribution is -2.50. The first-order chi connectivity index (χ1) is 8.20. The van der Waals surface area contributed by atoms with Gasteiger partial charge in [-0.2, -0.15) is 0 Å². The van der Waals surface area contributed by atoms with Crippen molar-refractivity contribution in [2.45, 2.75) is 32.4 Å². The van der Waals surface area contributed by atoms with E-state index in [0.717, 1.165) is 19.4 Å². The Morgan fingerprint density at radius 2 is 2.41 bits per heavy atom. The van der Waals surface area contributed by atoms with E-state index >= 15 is 0 Å². The van der Waals surface area contributed by atoms with Crippen LogP contribution in [0.1, 0.15) is 19.8 Å². The van der Waals surface area contributed by atoms with Crippen molar-refractivity contribution in [1.82, 2.24) is 25.1 Å². The zero-order chi connectivity index (χ0) is 12.3. The summed E-state index contributed by atoms with van der Waals surface area (Å²) in [5, 5.41) is 10.7. The molecule has 0 saturated carbocycles. The van der Waals surface area contributed by atoms with E-state index in [-0.39, 0.29) is 18.5 Å². The van der Waals surface area contributed by atoms with Gasteiger partial charge in [-0.3, -0.25) is 4.79 Å². The van der Waals surface area contributed by atoms with Crippen molar-refractivity contribution in [3.05, 3.63) is 6.33 Å². The monoisotopic (exact) mass is 238 g/mol. The second kappa shape index (κ2) is 5.22. The van der Waals surface area contributed by atoms with Crippen LogP contribution in [0.3, 0.4) is 0 Å². The lowest BCUT2D eigenvalue weighted by molar-refractivity contribution is -0.136. The fraction of sp³-hybridized carbons (Fsp3) is 0.800. The predicted octanol–water partition coefficient (Wildman–Crippen LogP) is -0.741. The molecule has 2 atom stereocenters. The molecule has 2 N–H and O–H groups in total. The van der Waals surface area contributed by atoms with Crippen molar-refractivity contribution in [3.63, 3.8) is 0 Å². The average Bonchev–Trinajstić information content (AvgIpc) is 2.81. The Balaban J connectivity index is 1.98. The number of nitrogens with two attached hydrogens (primary N) is 1. The molecular formula is C10H18N6O. The van der Waals surface area contributed by atoms with Gasteiger partial charge in [0.25, 0.3) is 0 Å². The second-order valence-corrected chi connectivity index (χ2v) is 4.61. The number of hydrogen-bond acceptors (Lipinski definition) is 5. The van der Waals surface area contributed by atoms with Crippen molar-refractivity contribution in [3.8, 4) is 0 Å². The topological polar surface area (TPSA) is 89.9 Å². The van der Waals surface area contributed by atoms with E-state index in [1.165, 1.54) is 11.0 Å². The van der Waals surface area contributed by atoms with Crippen LogP contribution in [0.15, 0.2) is 6.33 Å². The Bertz CT molecular complexity index is 365. The van der Waals surface area contributed by atoms with Crippen LogP contribution in [0.4, 0.5) is 0 Å². The molecular weight excluding hydrogens is 220 g/mol.